The topological polar surface area (TPSA) is 35.5 Å². The standard InChI is InChI=1S/C23H28O3Si/c1-18-17-19(26-22(18)24)15-16-25-27(23(2,3)4,20-11-7-5-8-12-20)21-13-9-6-10-14-21/h5-14,19H,1,15-17H2,2-4H3/t19-/m0/s1. The second-order valence-electron chi connectivity index (χ2n) is 8.14. The van der Waals surface area contributed by atoms with E-state index in [1.54, 1.807) is 0 Å². The Balaban J connectivity index is 1.92. The summed E-state index contributed by atoms with van der Waals surface area (Å²) < 4.78 is 12.2. The van der Waals surface area contributed by atoms with Crippen molar-refractivity contribution in [1.29, 1.82) is 0 Å². The molecule has 1 aliphatic rings. The summed E-state index contributed by atoms with van der Waals surface area (Å²) in [6, 6.07) is 21.1. The molecule has 27 heavy (non-hydrogen) atoms. The minimum absolute atomic E-state index is 0.0499. The van der Waals surface area contributed by atoms with Crippen molar-refractivity contribution < 1.29 is 14.0 Å². The van der Waals surface area contributed by atoms with Gasteiger partial charge in [-0.3, -0.25) is 0 Å². The van der Waals surface area contributed by atoms with E-state index in [4.69, 9.17) is 9.16 Å². The van der Waals surface area contributed by atoms with E-state index >= 15 is 0 Å². The van der Waals surface area contributed by atoms with Crippen LogP contribution in [0.3, 0.4) is 0 Å². The molecule has 2 aromatic rings. The third-order valence-electron chi connectivity index (χ3n) is 5.21. The Morgan fingerprint density at radius 2 is 1.56 bits per heavy atom. The van der Waals surface area contributed by atoms with Crippen LogP contribution in [0.4, 0.5) is 0 Å². The molecule has 0 spiro atoms. The lowest BCUT2D eigenvalue weighted by Crippen LogP contribution is -2.66. The highest BCUT2D eigenvalue weighted by molar-refractivity contribution is 6.99. The highest BCUT2D eigenvalue weighted by Gasteiger charge is 2.50. The summed E-state index contributed by atoms with van der Waals surface area (Å²) in [5.41, 5.74) is 0.561. The summed E-state index contributed by atoms with van der Waals surface area (Å²) in [6.45, 7) is 11.1. The Kier molecular flexibility index (Phi) is 5.68. The van der Waals surface area contributed by atoms with Crippen LogP contribution < -0.4 is 10.4 Å². The molecular formula is C23H28O3Si. The van der Waals surface area contributed by atoms with E-state index in [0.29, 0.717) is 25.0 Å². The maximum absolute atomic E-state index is 11.6. The Hall–Kier alpha value is -2.17. The van der Waals surface area contributed by atoms with Gasteiger partial charge in [-0.25, -0.2) is 4.79 Å². The molecule has 0 bridgehead atoms. The molecule has 0 aliphatic carbocycles. The van der Waals surface area contributed by atoms with Gasteiger partial charge in [0.2, 0.25) is 0 Å². The number of benzene rings is 2. The molecule has 0 radical (unpaired) electrons. The first kappa shape index (κ1) is 19.6. The second kappa shape index (κ2) is 7.83. The van der Waals surface area contributed by atoms with Gasteiger partial charge in [0.05, 0.1) is 0 Å². The summed E-state index contributed by atoms with van der Waals surface area (Å²) in [6.07, 6.45) is 1.17. The van der Waals surface area contributed by atoms with Gasteiger partial charge in [-0.05, 0) is 15.4 Å². The summed E-state index contributed by atoms with van der Waals surface area (Å²) >= 11 is 0. The van der Waals surface area contributed by atoms with Gasteiger partial charge < -0.3 is 9.16 Å². The third-order valence-corrected chi connectivity index (χ3v) is 10.3. The first-order valence-corrected chi connectivity index (χ1v) is 11.4. The van der Waals surface area contributed by atoms with Crippen LogP contribution in [0.2, 0.25) is 5.04 Å². The van der Waals surface area contributed by atoms with Gasteiger partial charge >= 0.3 is 5.97 Å². The first-order chi connectivity index (χ1) is 12.8. The first-order valence-electron chi connectivity index (χ1n) is 9.48. The number of hydrogen-bond donors (Lipinski definition) is 0. The molecule has 1 fully saturated rings. The molecule has 0 unspecified atom stereocenters. The van der Waals surface area contributed by atoms with Gasteiger partial charge in [0.15, 0.2) is 0 Å². The number of cyclic esters (lactones) is 1. The maximum atomic E-state index is 11.6. The zero-order valence-electron chi connectivity index (χ0n) is 16.4. The Morgan fingerprint density at radius 3 is 1.96 bits per heavy atom. The quantitative estimate of drug-likeness (QED) is 0.434. The van der Waals surface area contributed by atoms with Gasteiger partial charge in [0, 0.05) is 25.0 Å². The van der Waals surface area contributed by atoms with Gasteiger partial charge in [0.25, 0.3) is 8.32 Å². The summed E-state index contributed by atoms with van der Waals surface area (Å²) in [5, 5.41) is 2.47. The smallest absolute Gasteiger partial charge is 0.333 e. The fourth-order valence-electron chi connectivity index (χ4n) is 3.90. The maximum Gasteiger partial charge on any atom is 0.333 e. The van der Waals surface area contributed by atoms with Crippen LogP contribution >= 0.6 is 0 Å². The molecule has 1 heterocycles. The molecule has 142 valence electrons. The Morgan fingerprint density at radius 1 is 1.04 bits per heavy atom. The van der Waals surface area contributed by atoms with Crippen molar-refractivity contribution in [2.75, 3.05) is 6.61 Å². The number of ether oxygens (including phenoxy) is 1. The molecule has 3 nitrogen and oxygen atoms in total. The van der Waals surface area contributed by atoms with Crippen molar-refractivity contribution in [2.45, 2.75) is 44.8 Å². The fraction of sp³-hybridized carbons (Fsp3) is 0.348. The van der Waals surface area contributed by atoms with Crippen molar-refractivity contribution in [1.82, 2.24) is 0 Å². The Bertz CT molecular complexity index is 738. The van der Waals surface area contributed by atoms with Crippen LogP contribution in [0.15, 0.2) is 72.8 Å². The van der Waals surface area contributed by atoms with E-state index in [0.717, 1.165) is 0 Å². The predicted molar refractivity (Wildman–Crippen MR) is 112 cm³/mol. The van der Waals surface area contributed by atoms with Crippen LogP contribution in [0.5, 0.6) is 0 Å². The molecule has 0 aromatic heterocycles. The average molecular weight is 381 g/mol. The minimum Gasteiger partial charge on any atom is -0.459 e. The number of carbonyl (C=O) groups excluding carboxylic acids is 1. The molecule has 0 saturated carbocycles. The van der Waals surface area contributed by atoms with Crippen LogP contribution in [-0.2, 0) is 14.0 Å². The molecule has 1 atom stereocenters. The highest BCUT2D eigenvalue weighted by Crippen LogP contribution is 2.37. The summed E-state index contributed by atoms with van der Waals surface area (Å²) in [4.78, 5) is 11.6. The monoisotopic (exact) mass is 380 g/mol. The molecule has 0 amide bonds. The zero-order chi connectivity index (χ0) is 19.5. The minimum atomic E-state index is -2.52. The lowest BCUT2D eigenvalue weighted by atomic mass is 10.1. The van der Waals surface area contributed by atoms with E-state index in [-0.39, 0.29) is 17.1 Å². The van der Waals surface area contributed by atoms with Crippen LogP contribution in [0.1, 0.15) is 33.6 Å². The van der Waals surface area contributed by atoms with Gasteiger partial charge in [0.1, 0.15) is 6.10 Å². The molecular weight excluding hydrogens is 352 g/mol. The zero-order valence-corrected chi connectivity index (χ0v) is 17.4. The lowest BCUT2D eigenvalue weighted by molar-refractivity contribution is -0.139. The fourth-order valence-corrected chi connectivity index (χ4v) is 8.48. The molecule has 3 rings (SSSR count). The molecule has 0 N–H and O–H groups in total. The second-order valence-corrected chi connectivity index (χ2v) is 12.4. The SMILES string of the molecule is C=C1C[C@H](CCO[Si](c2ccccc2)(c2ccccc2)C(C)(C)C)OC1=O. The van der Waals surface area contributed by atoms with E-state index in [1.165, 1.54) is 10.4 Å². The normalized spacial score (nSPS) is 17.8. The molecule has 1 saturated heterocycles. The van der Waals surface area contributed by atoms with Gasteiger partial charge in [-0.15, -0.1) is 0 Å². The van der Waals surface area contributed by atoms with E-state index in [2.05, 4.69) is 75.9 Å². The van der Waals surface area contributed by atoms with Crippen LogP contribution in [0.25, 0.3) is 0 Å². The summed E-state index contributed by atoms with van der Waals surface area (Å²) in [5.74, 6) is -0.273. The predicted octanol–water partition coefficient (Wildman–Crippen LogP) is 3.82. The van der Waals surface area contributed by atoms with E-state index in [9.17, 15) is 4.79 Å². The average Bonchev–Trinajstić information content (AvgIpc) is 2.97. The number of esters is 1. The van der Waals surface area contributed by atoms with E-state index < -0.39 is 8.32 Å². The molecule has 1 aliphatic heterocycles. The summed E-state index contributed by atoms with van der Waals surface area (Å²) in [7, 11) is -2.52. The highest BCUT2D eigenvalue weighted by atomic mass is 28.4. The molecule has 2 aromatic carbocycles. The van der Waals surface area contributed by atoms with Crippen molar-refractivity contribution in [3.63, 3.8) is 0 Å². The lowest BCUT2D eigenvalue weighted by Gasteiger charge is -2.43. The number of rotatable bonds is 6. The van der Waals surface area contributed by atoms with Gasteiger partial charge in [-0.1, -0.05) is 88.0 Å². The van der Waals surface area contributed by atoms with Crippen molar-refractivity contribution in [3.8, 4) is 0 Å². The third kappa shape index (κ3) is 3.92. The molecule has 4 heteroatoms. The van der Waals surface area contributed by atoms with Crippen molar-refractivity contribution >= 4 is 24.7 Å². The largest absolute Gasteiger partial charge is 0.459 e. The van der Waals surface area contributed by atoms with Crippen molar-refractivity contribution in [2.24, 2.45) is 0 Å². The van der Waals surface area contributed by atoms with Crippen molar-refractivity contribution in [3.05, 3.63) is 72.8 Å². The van der Waals surface area contributed by atoms with Crippen LogP contribution in [-0.4, -0.2) is 27.0 Å². The number of carbonyl (C=O) groups is 1. The van der Waals surface area contributed by atoms with E-state index in [1.807, 2.05) is 12.1 Å². The van der Waals surface area contributed by atoms with Crippen LogP contribution in [0, 0.1) is 0 Å². The van der Waals surface area contributed by atoms with Gasteiger partial charge in [-0.2, -0.15) is 0 Å². The Labute approximate surface area is 163 Å². The number of hydrogen-bond acceptors (Lipinski definition) is 3.